The highest BCUT2D eigenvalue weighted by Crippen LogP contribution is 2.20. The molecule has 0 fully saturated rings. The molecule has 0 saturated heterocycles. The molecule has 18 heavy (non-hydrogen) atoms. The van der Waals surface area contributed by atoms with Gasteiger partial charge in [-0.05, 0) is 38.5 Å². The maximum Gasteiger partial charge on any atom is 0.314 e. The third kappa shape index (κ3) is 4.78. The molecule has 0 aliphatic heterocycles. The summed E-state index contributed by atoms with van der Waals surface area (Å²) in [5, 5.41) is 3.34. The van der Waals surface area contributed by atoms with Gasteiger partial charge in [-0.15, -0.1) is 0 Å². The lowest BCUT2D eigenvalue weighted by atomic mass is 9.97. The van der Waals surface area contributed by atoms with Crippen molar-refractivity contribution in [3.05, 3.63) is 34.3 Å². The molecule has 0 bridgehead atoms. The number of esters is 1. The molecular formula is C14H20BrNO2. The Morgan fingerprint density at radius 1 is 1.33 bits per heavy atom. The van der Waals surface area contributed by atoms with Crippen LogP contribution >= 0.6 is 15.9 Å². The molecule has 0 radical (unpaired) electrons. The lowest BCUT2D eigenvalue weighted by Gasteiger charge is -2.24. The maximum atomic E-state index is 11.8. The van der Waals surface area contributed by atoms with E-state index in [1.54, 1.807) is 0 Å². The van der Waals surface area contributed by atoms with Gasteiger partial charge >= 0.3 is 5.97 Å². The number of rotatable bonds is 4. The second kappa shape index (κ2) is 6.34. The van der Waals surface area contributed by atoms with Gasteiger partial charge in [0, 0.05) is 16.6 Å². The van der Waals surface area contributed by atoms with Crippen molar-refractivity contribution in [3.63, 3.8) is 0 Å². The first-order valence-corrected chi connectivity index (χ1v) is 6.71. The Kier molecular flexibility index (Phi) is 5.35. The van der Waals surface area contributed by atoms with Crippen LogP contribution in [0.2, 0.25) is 0 Å². The Balaban J connectivity index is 2.85. The quantitative estimate of drug-likeness (QED) is 0.868. The molecule has 1 atom stereocenters. The number of benzene rings is 1. The molecule has 0 unspecified atom stereocenters. The number of methoxy groups -OCH3 is 1. The summed E-state index contributed by atoms with van der Waals surface area (Å²) in [4.78, 5) is 11.8. The number of ether oxygens (including phenoxy) is 1. The van der Waals surface area contributed by atoms with E-state index >= 15 is 0 Å². The molecule has 0 amide bonds. The highest BCUT2D eigenvalue weighted by atomic mass is 79.9. The molecule has 3 nitrogen and oxygen atoms in total. The number of carbonyl (C=O) groups is 1. The van der Waals surface area contributed by atoms with Crippen molar-refractivity contribution >= 4 is 21.9 Å². The van der Waals surface area contributed by atoms with Gasteiger partial charge < -0.3 is 10.1 Å². The van der Waals surface area contributed by atoms with Gasteiger partial charge in [-0.1, -0.05) is 28.1 Å². The molecule has 1 aromatic carbocycles. The summed E-state index contributed by atoms with van der Waals surface area (Å²) in [7, 11) is 1.42. The summed E-state index contributed by atoms with van der Waals surface area (Å²) in [6, 6.07) is 7.75. The Hall–Kier alpha value is -0.870. The minimum atomic E-state index is -0.276. The van der Waals surface area contributed by atoms with Gasteiger partial charge in [0.1, 0.15) is 0 Å². The number of halogens is 1. The van der Waals surface area contributed by atoms with Crippen LogP contribution in [0.3, 0.4) is 0 Å². The molecule has 100 valence electrons. The van der Waals surface area contributed by atoms with Gasteiger partial charge in [0.15, 0.2) is 0 Å². The first-order chi connectivity index (χ1) is 8.33. The average molecular weight is 314 g/mol. The molecule has 0 aromatic heterocycles. The Labute approximate surface area is 117 Å². The molecule has 4 heteroatoms. The molecule has 0 aliphatic rings. The lowest BCUT2D eigenvalue weighted by molar-refractivity contribution is -0.142. The van der Waals surface area contributed by atoms with Crippen molar-refractivity contribution in [2.45, 2.75) is 32.2 Å². The number of nitrogens with one attached hydrogen (secondary N) is 1. The van der Waals surface area contributed by atoms with Gasteiger partial charge in [0.05, 0.1) is 13.0 Å². The third-order valence-electron chi connectivity index (χ3n) is 2.59. The largest absolute Gasteiger partial charge is 0.469 e. The SMILES string of the molecule is COC(=O)[C@H](CNC(C)(C)C)c1ccc(Br)cc1. The fraction of sp³-hybridized carbons (Fsp3) is 0.500. The van der Waals surface area contributed by atoms with Crippen LogP contribution < -0.4 is 5.32 Å². The second-order valence-corrected chi connectivity index (χ2v) is 6.17. The number of carbonyl (C=O) groups excluding carboxylic acids is 1. The van der Waals surface area contributed by atoms with E-state index in [-0.39, 0.29) is 17.4 Å². The summed E-state index contributed by atoms with van der Waals surface area (Å²) in [6.07, 6.45) is 0. The van der Waals surface area contributed by atoms with E-state index in [4.69, 9.17) is 4.74 Å². The molecule has 0 saturated carbocycles. The van der Waals surface area contributed by atoms with Crippen LogP contribution in [0, 0.1) is 0 Å². The van der Waals surface area contributed by atoms with Crippen LogP contribution in [0.25, 0.3) is 0 Å². The van der Waals surface area contributed by atoms with Crippen molar-refractivity contribution in [2.75, 3.05) is 13.7 Å². The summed E-state index contributed by atoms with van der Waals surface area (Å²) in [6.45, 7) is 6.78. The zero-order valence-electron chi connectivity index (χ0n) is 11.3. The first-order valence-electron chi connectivity index (χ1n) is 5.92. The van der Waals surface area contributed by atoms with Crippen molar-refractivity contribution in [2.24, 2.45) is 0 Å². The first kappa shape index (κ1) is 15.2. The van der Waals surface area contributed by atoms with E-state index < -0.39 is 0 Å². The number of hydrogen-bond acceptors (Lipinski definition) is 3. The van der Waals surface area contributed by atoms with Crippen molar-refractivity contribution in [1.29, 1.82) is 0 Å². The third-order valence-corrected chi connectivity index (χ3v) is 3.12. The van der Waals surface area contributed by atoms with Crippen LogP contribution in [0.1, 0.15) is 32.3 Å². The maximum absolute atomic E-state index is 11.8. The average Bonchev–Trinajstić information content (AvgIpc) is 2.29. The zero-order chi connectivity index (χ0) is 13.8. The fourth-order valence-corrected chi connectivity index (χ4v) is 1.85. The van der Waals surface area contributed by atoms with Crippen molar-refractivity contribution < 1.29 is 9.53 Å². The van der Waals surface area contributed by atoms with Crippen molar-refractivity contribution in [3.8, 4) is 0 Å². The smallest absolute Gasteiger partial charge is 0.314 e. The highest BCUT2D eigenvalue weighted by molar-refractivity contribution is 9.10. The van der Waals surface area contributed by atoms with Crippen LogP contribution in [-0.2, 0) is 9.53 Å². The summed E-state index contributed by atoms with van der Waals surface area (Å²) < 4.78 is 5.87. The molecule has 0 spiro atoms. The minimum absolute atomic E-state index is 0.0262. The normalized spacial score (nSPS) is 13.2. The Bertz CT molecular complexity index is 395. The minimum Gasteiger partial charge on any atom is -0.469 e. The molecule has 0 aliphatic carbocycles. The van der Waals surface area contributed by atoms with E-state index in [1.807, 2.05) is 24.3 Å². The number of hydrogen-bond donors (Lipinski definition) is 1. The molecule has 1 rings (SSSR count). The van der Waals surface area contributed by atoms with Crippen LogP contribution in [0.5, 0.6) is 0 Å². The molecule has 1 N–H and O–H groups in total. The molecule has 1 aromatic rings. The van der Waals surface area contributed by atoms with Crippen molar-refractivity contribution in [1.82, 2.24) is 5.32 Å². The van der Waals surface area contributed by atoms with Gasteiger partial charge in [-0.3, -0.25) is 4.79 Å². The van der Waals surface area contributed by atoms with Gasteiger partial charge in [-0.2, -0.15) is 0 Å². The summed E-state index contributed by atoms with van der Waals surface area (Å²) in [5.41, 5.74) is 0.934. The predicted molar refractivity (Wildman–Crippen MR) is 76.7 cm³/mol. The monoisotopic (exact) mass is 313 g/mol. The van der Waals surface area contributed by atoms with E-state index in [0.29, 0.717) is 6.54 Å². The van der Waals surface area contributed by atoms with Crippen LogP contribution in [0.15, 0.2) is 28.7 Å². The van der Waals surface area contributed by atoms with E-state index in [2.05, 4.69) is 42.0 Å². The molecular weight excluding hydrogens is 294 g/mol. The van der Waals surface area contributed by atoms with Crippen LogP contribution in [-0.4, -0.2) is 25.2 Å². The standard InChI is InChI=1S/C14H20BrNO2/c1-14(2,3)16-9-12(13(17)18-4)10-5-7-11(15)8-6-10/h5-8,12,16H,9H2,1-4H3/t12-/m1/s1. The zero-order valence-corrected chi connectivity index (χ0v) is 12.9. The molecule has 0 heterocycles. The Morgan fingerprint density at radius 2 is 1.89 bits per heavy atom. The van der Waals surface area contributed by atoms with E-state index in [0.717, 1.165) is 10.0 Å². The van der Waals surface area contributed by atoms with E-state index in [9.17, 15) is 4.79 Å². The Morgan fingerprint density at radius 3 is 2.33 bits per heavy atom. The van der Waals surface area contributed by atoms with E-state index in [1.165, 1.54) is 7.11 Å². The predicted octanol–water partition coefficient (Wildman–Crippen LogP) is 3.09. The topological polar surface area (TPSA) is 38.3 Å². The fourth-order valence-electron chi connectivity index (χ4n) is 1.58. The lowest BCUT2D eigenvalue weighted by Crippen LogP contribution is -2.40. The van der Waals surface area contributed by atoms with Gasteiger partial charge in [0.2, 0.25) is 0 Å². The van der Waals surface area contributed by atoms with Gasteiger partial charge in [0.25, 0.3) is 0 Å². The summed E-state index contributed by atoms with van der Waals surface area (Å²) in [5.74, 6) is -0.489. The summed E-state index contributed by atoms with van der Waals surface area (Å²) >= 11 is 3.39. The second-order valence-electron chi connectivity index (χ2n) is 5.26. The highest BCUT2D eigenvalue weighted by Gasteiger charge is 2.23. The van der Waals surface area contributed by atoms with Gasteiger partial charge in [-0.25, -0.2) is 0 Å². The van der Waals surface area contributed by atoms with Crippen LogP contribution in [0.4, 0.5) is 0 Å².